The highest BCUT2D eigenvalue weighted by atomic mass is 35.5. The molecule has 0 aromatic heterocycles. The monoisotopic (exact) mass is 276 g/mol. The van der Waals surface area contributed by atoms with E-state index < -0.39 is 9.84 Å². The summed E-state index contributed by atoms with van der Waals surface area (Å²) in [6.45, 7) is 0. The van der Waals surface area contributed by atoms with E-state index in [4.69, 9.17) is 16.3 Å². The zero-order chi connectivity index (χ0) is 12.9. The Labute approximate surface area is 108 Å². The number of hydrogen-bond acceptors (Lipinski definition) is 3. The Morgan fingerprint density at radius 2 is 2.06 bits per heavy atom. The van der Waals surface area contributed by atoms with Gasteiger partial charge in [0.15, 0.2) is 0 Å². The number of alkyl halides is 1. The number of sulfone groups is 1. The van der Waals surface area contributed by atoms with Crippen molar-refractivity contribution in [3.8, 4) is 5.75 Å². The van der Waals surface area contributed by atoms with Crippen molar-refractivity contribution in [2.75, 3.05) is 19.1 Å². The van der Waals surface area contributed by atoms with Crippen LogP contribution < -0.4 is 4.74 Å². The molecule has 0 N–H and O–H groups in total. The van der Waals surface area contributed by atoms with Crippen LogP contribution in [0.15, 0.2) is 18.2 Å². The van der Waals surface area contributed by atoms with Crippen molar-refractivity contribution in [1.29, 1.82) is 0 Å². The molecular weight excluding hydrogens is 260 g/mol. The van der Waals surface area contributed by atoms with E-state index in [0.717, 1.165) is 16.9 Å². The Balaban J connectivity index is 2.74. The summed E-state index contributed by atoms with van der Waals surface area (Å²) in [5.41, 5.74) is 2.02. The number of methoxy groups -OCH3 is 1. The Hall–Kier alpha value is -0.740. The molecule has 0 bridgehead atoms. The molecule has 0 aliphatic heterocycles. The molecule has 0 unspecified atom stereocenters. The second-order valence-corrected chi connectivity index (χ2v) is 6.54. The molecule has 0 fully saturated rings. The first kappa shape index (κ1) is 14.3. The first-order chi connectivity index (χ1) is 7.96. The minimum atomic E-state index is -2.90. The highest BCUT2D eigenvalue weighted by molar-refractivity contribution is 7.90. The highest BCUT2D eigenvalue weighted by Gasteiger charge is 2.07. The smallest absolute Gasteiger partial charge is 0.147 e. The van der Waals surface area contributed by atoms with Crippen molar-refractivity contribution in [2.45, 2.75) is 18.7 Å². The van der Waals surface area contributed by atoms with E-state index >= 15 is 0 Å². The molecule has 3 nitrogen and oxygen atoms in total. The summed E-state index contributed by atoms with van der Waals surface area (Å²) in [6.07, 6.45) is 2.53. The fourth-order valence-electron chi connectivity index (χ4n) is 1.64. The van der Waals surface area contributed by atoms with E-state index in [1.54, 1.807) is 7.11 Å². The van der Waals surface area contributed by atoms with Crippen LogP contribution in [0, 0.1) is 0 Å². The number of hydrogen-bond donors (Lipinski definition) is 0. The molecular formula is C12H17ClO3S. The van der Waals surface area contributed by atoms with E-state index in [1.807, 2.05) is 18.2 Å². The largest absolute Gasteiger partial charge is 0.496 e. The third-order valence-electron chi connectivity index (χ3n) is 2.46. The number of benzene rings is 1. The van der Waals surface area contributed by atoms with Crippen LogP contribution in [0.3, 0.4) is 0 Å². The molecule has 0 saturated heterocycles. The standard InChI is InChI=1S/C12H17ClO3S/c1-16-12-6-5-10(9-13)8-11(12)4-3-7-17(2,14)15/h5-6,8H,3-4,7,9H2,1-2H3. The Kier molecular flexibility index (Phi) is 5.28. The number of ether oxygens (including phenoxy) is 1. The Morgan fingerprint density at radius 3 is 2.59 bits per heavy atom. The highest BCUT2D eigenvalue weighted by Crippen LogP contribution is 2.22. The van der Waals surface area contributed by atoms with Crippen LogP contribution in [0.4, 0.5) is 0 Å². The maximum Gasteiger partial charge on any atom is 0.147 e. The maximum atomic E-state index is 11.0. The topological polar surface area (TPSA) is 43.4 Å². The van der Waals surface area contributed by atoms with Gasteiger partial charge in [-0.2, -0.15) is 0 Å². The zero-order valence-corrected chi connectivity index (χ0v) is 11.6. The SMILES string of the molecule is COc1ccc(CCl)cc1CCCS(C)(=O)=O. The molecule has 0 heterocycles. The number of halogens is 1. The summed E-state index contributed by atoms with van der Waals surface area (Å²) in [7, 11) is -1.29. The summed E-state index contributed by atoms with van der Waals surface area (Å²) < 4.78 is 27.3. The minimum absolute atomic E-state index is 0.196. The molecule has 5 heteroatoms. The molecule has 0 atom stereocenters. The molecule has 0 aliphatic rings. The molecule has 17 heavy (non-hydrogen) atoms. The van der Waals surface area contributed by atoms with Crippen molar-refractivity contribution in [1.82, 2.24) is 0 Å². The molecule has 0 aliphatic carbocycles. The second kappa shape index (κ2) is 6.26. The lowest BCUT2D eigenvalue weighted by Gasteiger charge is -2.09. The van der Waals surface area contributed by atoms with Gasteiger partial charge in [-0.1, -0.05) is 12.1 Å². The molecule has 1 aromatic rings. The van der Waals surface area contributed by atoms with Gasteiger partial charge < -0.3 is 4.74 Å². The summed E-state index contributed by atoms with van der Waals surface area (Å²) in [5, 5.41) is 0. The van der Waals surface area contributed by atoms with Crippen LogP contribution in [-0.2, 0) is 22.1 Å². The molecule has 0 spiro atoms. The lowest BCUT2D eigenvalue weighted by atomic mass is 10.1. The van der Waals surface area contributed by atoms with Crippen molar-refractivity contribution in [3.63, 3.8) is 0 Å². The molecule has 96 valence electrons. The summed E-state index contributed by atoms with van der Waals surface area (Å²) >= 11 is 5.76. The van der Waals surface area contributed by atoms with Gasteiger partial charge in [0.2, 0.25) is 0 Å². The normalized spacial score (nSPS) is 11.5. The zero-order valence-electron chi connectivity index (χ0n) is 10.1. The average molecular weight is 277 g/mol. The fraction of sp³-hybridized carbons (Fsp3) is 0.500. The summed E-state index contributed by atoms with van der Waals surface area (Å²) in [4.78, 5) is 0. The average Bonchev–Trinajstić information content (AvgIpc) is 2.27. The van der Waals surface area contributed by atoms with E-state index in [-0.39, 0.29) is 5.75 Å². The molecule has 0 radical (unpaired) electrons. The van der Waals surface area contributed by atoms with E-state index in [0.29, 0.717) is 18.7 Å². The first-order valence-corrected chi connectivity index (χ1v) is 7.95. The first-order valence-electron chi connectivity index (χ1n) is 5.36. The second-order valence-electron chi connectivity index (χ2n) is 4.01. The van der Waals surface area contributed by atoms with Crippen LogP contribution in [0.25, 0.3) is 0 Å². The lowest BCUT2D eigenvalue weighted by molar-refractivity contribution is 0.409. The molecule has 1 aromatic carbocycles. The molecule has 0 amide bonds. The Morgan fingerprint density at radius 1 is 1.35 bits per heavy atom. The van der Waals surface area contributed by atoms with Crippen molar-refractivity contribution >= 4 is 21.4 Å². The van der Waals surface area contributed by atoms with Gasteiger partial charge in [0.1, 0.15) is 15.6 Å². The van der Waals surface area contributed by atoms with Crippen LogP contribution >= 0.6 is 11.6 Å². The van der Waals surface area contributed by atoms with Crippen molar-refractivity contribution < 1.29 is 13.2 Å². The Bertz CT molecular complexity index is 469. The fourth-order valence-corrected chi connectivity index (χ4v) is 2.47. The molecule has 1 rings (SSSR count). The van der Waals surface area contributed by atoms with Crippen molar-refractivity contribution in [3.05, 3.63) is 29.3 Å². The lowest BCUT2D eigenvalue weighted by Crippen LogP contribution is -2.04. The minimum Gasteiger partial charge on any atom is -0.496 e. The van der Waals surface area contributed by atoms with E-state index in [9.17, 15) is 8.42 Å². The predicted molar refractivity (Wildman–Crippen MR) is 70.6 cm³/mol. The van der Waals surface area contributed by atoms with Gasteiger partial charge in [0.25, 0.3) is 0 Å². The van der Waals surface area contributed by atoms with E-state index in [1.165, 1.54) is 6.26 Å². The van der Waals surface area contributed by atoms with Gasteiger partial charge in [0.05, 0.1) is 12.9 Å². The third kappa shape index (κ3) is 4.96. The van der Waals surface area contributed by atoms with Crippen LogP contribution in [0.2, 0.25) is 0 Å². The summed E-state index contributed by atoms with van der Waals surface area (Å²) in [5.74, 6) is 1.43. The quantitative estimate of drug-likeness (QED) is 0.750. The predicted octanol–water partition coefficient (Wildman–Crippen LogP) is 2.41. The van der Waals surface area contributed by atoms with E-state index in [2.05, 4.69) is 0 Å². The van der Waals surface area contributed by atoms with Gasteiger partial charge >= 0.3 is 0 Å². The summed E-state index contributed by atoms with van der Waals surface area (Å²) in [6, 6.07) is 5.74. The number of rotatable bonds is 6. The van der Waals surface area contributed by atoms with Gasteiger partial charge in [-0.3, -0.25) is 0 Å². The van der Waals surface area contributed by atoms with Crippen molar-refractivity contribution in [2.24, 2.45) is 0 Å². The van der Waals surface area contributed by atoms with Gasteiger partial charge in [-0.15, -0.1) is 11.6 Å². The van der Waals surface area contributed by atoms with Crippen LogP contribution in [0.5, 0.6) is 5.75 Å². The maximum absolute atomic E-state index is 11.0. The number of aryl methyl sites for hydroxylation is 1. The van der Waals surface area contributed by atoms with Crippen LogP contribution in [0.1, 0.15) is 17.5 Å². The molecule has 0 saturated carbocycles. The van der Waals surface area contributed by atoms with Crippen LogP contribution in [-0.4, -0.2) is 27.5 Å². The van der Waals surface area contributed by atoms with Gasteiger partial charge in [-0.05, 0) is 30.0 Å². The van der Waals surface area contributed by atoms with Gasteiger partial charge in [0, 0.05) is 12.1 Å². The van der Waals surface area contributed by atoms with Gasteiger partial charge in [-0.25, -0.2) is 8.42 Å². The third-order valence-corrected chi connectivity index (χ3v) is 3.80.